The molecule has 0 bridgehead atoms. The highest BCUT2D eigenvalue weighted by Gasteiger charge is 2.49. The highest BCUT2D eigenvalue weighted by Crippen LogP contribution is 2.40. The first-order chi connectivity index (χ1) is 31.1. The fourth-order valence-corrected chi connectivity index (χ4v) is 12.5. The number of amides is 6. The molecule has 4 heterocycles. The van der Waals surface area contributed by atoms with Crippen molar-refractivity contribution in [3.05, 3.63) is 32.2 Å². The van der Waals surface area contributed by atoms with E-state index in [0.29, 0.717) is 36.8 Å². The van der Waals surface area contributed by atoms with Gasteiger partial charge in [-0.1, -0.05) is 34.6 Å². The standard InChI is InChI=1S/C48H74N8O8S2/c1-27-39(65-25-51-27)33-14-10-31(11-15-33)20-49-43(60)37-18-35(59)22-55(37)46(63)42(54-30(4)58)48(8,9)24-64-36-19-38(56(23-36)45(62)41(47(5,6)7)53-29(3)57)44(61)50-21-32-12-16-34(17-13-32)40-28(2)52-26-66-40/h25-26,31-38,41-42,59H,10-24H2,1-9H3,(H,49,60)(H,50,61)(H,53,57)(H,54,58)/t31-,32-,33+,34-,35-,36-,37+,38+,41-,42-/m1/s1. The summed E-state index contributed by atoms with van der Waals surface area (Å²) in [6, 6.07) is -3.81. The number of hydrogen-bond acceptors (Lipinski definition) is 12. The van der Waals surface area contributed by atoms with Gasteiger partial charge in [0.1, 0.15) is 24.2 Å². The molecule has 2 aliphatic carbocycles. The molecule has 4 fully saturated rings. The predicted octanol–water partition coefficient (Wildman–Crippen LogP) is 4.73. The topological polar surface area (TPSA) is 212 Å². The van der Waals surface area contributed by atoms with Crippen molar-refractivity contribution in [2.45, 2.75) is 175 Å². The third-order valence-corrected chi connectivity index (χ3v) is 16.6. The number of aromatic nitrogens is 2. The Kier molecular flexibility index (Phi) is 17.1. The average Bonchev–Trinajstić information content (AvgIpc) is 4.09. The van der Waals surface area contributed by atoms with Gasteiger partial charge in [0.15, 0.2) is 0 Å². The Morgan fingerprint density at radius 1 is 0.697 bits per heavy atom. The second-order valence-electron chi connectivity index (χ2n) is 21.2. The molecule has 0 unspecified atom stereocenters. The van der Waals surface area contributed by atoms with E-state index < -0.39 is 59.0 Å². The molecule has 0 aromatic carbocycles. The molecule has 16 nitrogen and oxygen atoms in total. The van der Waals surface area contributed by atoms with E-state index in [1.165, 1.54) is 33.4 Å². The van der Waals surface area contributed by atoms with Crippen LogP contribution in [0.1, 0.15) is 146 Å². The Hall–Kier alpha value is -4.00. The van der Waals surface area contributed by atoms with Crippen molar-refractivity contribution in [2.75, 3.05) is 32.8 Å². The Bertz CT molecular complexity index is 2030. The van der Waals surface area contributed by atoms with Crippen LogP contribution in [-0.2, 0) is 33.5 Å². The molecule has 18 heteroatoms. The lowest BCUT2D eigenvalue weighted by Gasteiger charge is -2.38. The largest absolute Gasteiger partial charge is 0.391 e. The van der Waals surface area contributed by atoms with Crippen LogP contribution in [-0.4, -0.2) is 129 Å². The molecule has 66 heavy (non-hydrogen) atoms. The highest BCUT2D eigenvalue weighted by molar-refractivity contribution is 7.10. The summed E-state index contributed by atoms with van der Waals surface area (Å²) >= 11 is 3.41. The summed E-state index contributed by atoms with van der Waals surface area (Å²) in [6.45, 7) is 16.9. The number of β-amino-alcohol motifs (C(OH)–C–C–N with tert-alkyl or cyclic N) is 1. The molecule has 2 saturated carbocycles. The van der Waals surface area contributed by atoms with Crippen LogP contribution in [0.25, 0.3) is 0 Å². The summed E-state index contributed by atoms with van der Waals surface area (Å²) in [5, 5.41) is 22.7. The summed E-state index contributed by atoms with van der Waals surface area (Å²) in [5.74, 6) is -0.744. The molecule has 6 amide bonds. The predicted molar refractivity (Wildman–Crippen MR) is 254 cm³/mol. The summed E-state index contributed by atoms with van der Waals surface area (Å²) in [6.07, 6.45) is 6.73. The molecular weight excluding hydrogens is 881 g/mol. The maximum atomic E-state index is 14.5. The first-order valence-electron chi connectivity index (χ1n) is 23.9. The number of aryl methyl sites for hydroxylation is 2. The number of carbonyl (C=O) groups excluding carboxylic acids is 6. The normalized spacial score (nSPS) is 26.9. The zero-order chi connectivity index (χ0) is 48.1. The van der Waals surface area contributed by atoms with Gasteiger partial charge >= 0.3 is 0 Å². The summed E-state index contributed by atoms with van der Waals surface area (Å²) < 4.78 is 6.52. The minimum Gasteiger partial charge on any atom is -0.391 e. The quantitative estimate of drug-likeness (QED) is 0.156. The lowest BCUT2D eigenvalue weighted by Crippen LogP contribution is -2.59. The van der Waals surface area contributed by atoms with Gasteiger partial charge in [-0.2, -0.15) is 0 Å². The first-order valence-corrected chi connectivity index (χ1v) is 25.7. The lowest BCUT2D eigenvalue weighted by molar-refractivity contribution is -0.146. The molecule has 0 spiro atoms. The molecule has 4 aliphatic rings. The minimum atomic E-state index is -1.13. The van der Waals surface area contributed by atoms with Gasteiger partial charge in [-0.15, -0.1) is 22.7 Å². The number of ether oxygens (including phenoxy) is 1. The van der Waals surface area contributed by atoms with Crippen molar-refractivity contribution in [1.82, 2.24) is 41.0 Å². The number of hydrogen-bond donors (Lipinski definition) is 5. The monoisotopic (exact) mass is 955 g/mol. The van der Waals surface area contributed by atoms with Gasteiger partial charge in [0.25, 0.3) is 0 Å². The van der Waals surface area contributed by atoms with Crippen molar-refractivity contribution >= 4 is 58.1 Å². The number of nitrogens with one attached hydrogen (secondary N) is 4. The van der Waals surface area contributed by atoms with Crippen LogP contribution in [0.3, 0.4) is 0 Å². The fraction of sp³-hybridized carbons (Fsp3) is 0.750. The van der Waals surface area contributed by atoms with Crippen LogP contribution in [0, 0.1) is 36.5 Å². The summed E-state index contributed by atoms with van der Waals surface area (Å²) in [7, 11) is 0. The average molecular weight is 955 g/mol. The third kappa shape index (κ3) is 12.7. The third-order valence-electron chi connectivity index (χ3n) is 14.4. The van der Waals surface area contributed by atoms with Crippen molar-refractivity contribution in [1.29, 1.82) is 0 Å². The number of rotatable bonds is 16. The maximum Gasteiger partial charge on any atom is 0.246 e. The number of likely N-dealkylation sites (tertiary alicyclic amines) is 2. The van der Waals surface area contributed by atoms with Gasteiger partial charge in [-0.3, -0.25) is 28.8 Å². The first kappa shape index (κ1) is 51.4. The smallest absolute Gasteiger partial charge is 0.246 e. The van der Waals surface area contributed by atoms with Crippen LogP contribution < -0.4 is 21.3 Å². The molecule has 6 rings (SSSR count). The summed E-state index contributed by atoms with van der Waals surface area (Å²) in [4.78, 5) is 96.2. The van der Waals surface area contributed by atoms with E-state index in [-0.39, 0.29) is 56.2 Å². The van der Waals surface area contributed by atoms with Crippen molar-refractivity contribution in [3.63, 3.8) is 0 Å². The van der Waals surface area contributed by atoms with E-state index in [2.05, 4.69) is 45.1 Å². The van der Waals surface area contributed by atoms with Gasteiger partial charge in [-0.05, 0) is 94.3 Å². The van der Waals surface area contributed by atoms with Gasteiger partial charge in [0.05, 0.1) is 41.2 Å². The molecule has 2 aromatic rings. The summed E-state index contributed by atoms with van der Waals surface area (Å²) in [5.41, 5.74) is 4.28. The molecule has 5 N–H and O–H groups in total. The molecule has 2 aromatic heterocycles. The SMILES string of the molecule is CC(=O)N[C@H](C(=O)N1C[C@H](OCC(C)(C)[C@H](NC(C)=O)C(=O)N2C[C@H](O)C[C@H]2C(=O)NC[C@H]2CC[C@@H](c3scnc3C)CC2)C[C@H]1C(=O)NC[C@H]1CC[C@H](c2scnc2C)CC1)C(C)(C)C. The van der Waals surface area contributed by atoms with Crippen LogP contribution in [0.5, 0.6) is 0 Å². The number of aliphatic hydroxyl groups is 1. The Morgan fingerprint density at radius 2 is 1.14 bits per heavy atom. The van der Waals surface area contributed by atoms with Crippen molar-refractivity contribution in [3.8, 4) is 0 Å². The zero-order valence-corrected chi connectivity index (χ0v) is 42.1. The number of carbonyl (C=O) groups is 6. The van der Waals surface area contributed by atoms with Crippen LogP contribution in [0.15, 0.2) is 11.0 Å². The maximum absolute atomic E-state index is 14.5. The lowest BCUT2D eigenvalue weighted by atomic mass is 9.81. The van der Waals surface area contributed by atoms with E-state index in [1.54, 1.807) is 36.5 Å². The molecule has 2 saturated heterocycles. The van der Waals surface area contributed by atoms with Crippen LogP contribution in [0.4, 0.5) is 0 Å². The molecule has 2 aliphatic heterocycles. The number of aliphatic hydroxyl groups excluding tert-OH is 1. The van der Waals surface area contributed by atoms with Crippen LogP contribution >= 0.6 is 22.7 Å². The minimum absolute atomic E-state index is 0.0431. The molecule has 0 radical (unpaired) electrons. The molecular formula is C48H74N8O8S2. The van der Waals surface area contributed by atoms with E-state index in [1.807, 2.05) is 31.8 Å². The van der Waals surface area contributed by atoms with Gasteiger partial charge in [0, 0.05) is 68.0 Å². The Labute approximate surface area is 398 Å². The Morgan fingerprint density at radius 3 is 1.58 bits per heavy atom. The van der Waals surface area contributed by atoms with E-state index in [0.717, 1.165) is 62.8 Å². The second-order valence-corrected chi connectivity index (χ2v) is 23.0. The molecule has 6 atom stereocenters. The number of nitrogens with zero attached hydrogens (tertiary/aromatic N) is 4. The zero-order valence-electron chi connectivity index (χ0n) is 40.4. The second kappa shape index (κ2) is 22.0. The van der Waals surface area contributed by atoms with E-state index in [4.69, 9.17) is 4.74 Å². The van der Waals surface area contributed by atoms with Crippen LogP contribution in [0.2, 0.25) is 0 Å². The van der Waals surface area contributed by atoms with E-state index >= 15 is 0 Å². The van der Waals surface area contributed by atoms with Crippen molar-refractivity contribution < 1.29 is 38.6 Å². The number of thiazole rings is 2. The highest BCUT2D eigenvalue weighted by atomic mass is 32.1. The van der Waals surface area contributed by atoms with E-state index in [9.17, 15) is 33.9 Å². The van der Waals surface area contributed by atoms with Gasteiger partial charge < -0.3 is 40.9 Å². The van der Waals surface area contributed by atoms with Gasteiger partial charge in [-0.25, -0.2) is 9.97 Å². The Balaban J connectivity index is 1.09. The van der Waals surface area contributed by atoms with Gasteiger partial charge in [0.2, 0.25) is 35.4 Å². The van der Waals surface area contributed by atoms with Crippen molar-refractivity contribution in [2.24, 2.45) is 22.7 Å². The molecule has 366 valence electrons. The fourth-order valence-electron chi connectivity index (χ4n) is 10.5.